The largest absolute Gasteiger partial charge is 0.364 e. The maximum absolute atomic E-state index is 12.6. The van der Waals surface area contributed by atoms with Crippen LogP contribution in [0, 0.1) is 6.92 Å². The Morgan fingerprint density at radius 2 is 2.05 bits per heavy atom. The lowest BCUT2D eigenvalue weighted by atomic mass is 10.1. The van der Waals surface area contributed by atoms with E-state index in [2.05, 4.69) is 15.1 Å². The molecule has 0 unspecified atom stereocenters. The van der Waals surface area contributed by atoms with E-state index in [9.17, 15) is 4.79 Å². The zero-order valence-electron chi connectivity index (χ0n) is 12.9. The highest BCUT2D eigenvalue weighted by atomic mass is 16.5. The first-order valence-electron chi connectivity index (χ1n) is 6.60. The second-order valence-electron chi connectivity index (χ2n) is 5.08. The predicted octanol–water partition coefficient (Wildman–Crippen LogP) is 1.67. The maximum atomic E-state index is 12.6. The van der Waals surface area contributed by atoms with Gasteiger partial charge < -0.3 is 14.3 Å². The molecular formula is C14H19N5O2. The lowest BCUT2D eigenvalue weighted by Gasteiger charge is -2.23. The van der Waals surface area contributed by atoms with Crippen LogP contribution in [-0.2, 0) is 0 Å². The highest BCUT2D eigenvalue weighted by Crippen LogP contribution is 2.20. The third-order valence-corrected chi connectivity index (χ3v) is 3.38. The molecule has 2 heterocycles. The zero-order valence-corrected chi connectivity index (χ0v) is 12.9. The number of anilines is 1. The molecule has 0 aliphatic heterocycles. The summed E-state index contributed by atoms with van der Waals surface area (Å²) in [5.41, 5.74) is 1.84. The van der Waals surface area contributed by atoms with Gasteiger partial charge in [0.25, 0.3) is 5.91 Å². The first-order valence-corrected chi connectivity index (χ1v) is 6.60. The normalized spacial score (nSPS) is 12.0. The molecule has 7 heteroatoms. The van der Waals surface area contributed by atoms with Gasteiger partial charge in [-0.15, -0.1) is 0 Å². The molecule has 0 aliphatic rings. The van der Waals surface area contributed by atoms with Crippen LogP contribution in [0.1, 0.15) is 34.7 Å². The summed E-state index contributed by atoms with van der Waals surface area (Å²) in [4.78, 5) is 24.5. The molecule has 0 aromatic carbocycles. The van der Waals surface area contributed by atoms with Crippen molar-refractivity contribution in [1.29, 1.82) is 0 Å². The molecule has 7 nitrogen and oxygen atoms in total. The monoisotopic (exact) mass is 289 g/mol. The van der Waals surface area contributed by atoms with Gasteiger partial charge in [-0.25, -0.2) is 9.97 Å². The summed E-state index contributed by atoms with van der Waals surface area (Å²) in [6.07, 6.45) is 3.05. The minimum atomic E-state index is -0.191. The average Bonchev–Trinajstić information content (AvgIpc) is 2.98. The van der Waals surface area contributed by atoms with Gasteiger partial charge in [0.2, 0.25) is 5.95 Å². The van der Waals surface area contributed by atoms with Crippen LogP contribution in [0.15, 0.2) is 23.0 Å². The summed E-state index contributed by atoms with van der Waals surface area (Å²) in [5.74, 6) is 0.435. The van der Waals surface area contributed by atoms with E-state index >= 15 is 0 Å². The number of carbonyl (C=O) groups excluding carboxylic acids is 1. The van der Waals surface area contributed by atoms with E-state index in [4.69, 9.17) is 4.52 Å². The second-order valence-corrected chi connectivity index (χ2v) is 5.08. The molecule has 2 aromatic heterocycles. The molecule has 2 rings (SSSR count). The van der Waals surface area contributed by atoms with E-state index in [1.54, 1.807) is 36.0 Å². The Balaban J connectivity index is 2.23. The van der Waals surface area contributed by atoms with Crippen molar-refractivity contribution in [2.45, 2.75) is 19.9 Å². The average molecular weight is 289 g/mol. The number of aryl methyl sites for hydroxylation is 1. The minimum Gasteiger partial charge on any atom is -0.364 e. The number of hydrogen-bond donors (Lipinski definition) is 0. The molecule has 0 N–H and O–H groups in total. The van der Waals surface area contributed by atoms with Crippen molar-refractivity contribution >= 4 is 11.9 Å². The highest BCUT2D eigenvalue weighted by Gasteiger charge is 2.23. The molecule has 0 bridgehead atoms. The fourth-order valence-electron chi connectivity index (χ4n) is 1.88. The molecule has 112 valence electrons. The van der Waals surface area contributed by atoms with E-state index in [0.29, 0.717) is 22.9 Å². The van der Waals surface area contributed by atoms with Crippen LogP contribution in [0.25, 0.3) is 0 Å². The molecular weight excluding hydrogens is 270 g/mol. The van der Waals surface area contributed by atoms with Crippen molar-refractivity contribution < 1.29 is 9.32 Å². The van der Waals surface area contributed by atoms with Gasteiger partial charge in [-0.3, -0.25) is 4.79 Å². The maximum Gasteiger partial charge on any atom is 0.257 e. The van der Waals surface area contributed by atoms with E-state index in [-0.39, 0.29) is 11.9 Å². The van der Waals surface area contributed by atoms with Crippen LogP contribution in [0.5, 0.6) is 0 Å². The third kappa shape index (κ3) is 3.01. The van der Waals surface area contributed by atoms with Crippen LogP contribution in [0.3, 0.4) is 0 Å². The van der Waals surface area contributed by atoms with Gasteiger partial charge in [0.15, 0.2) is 0 Å². The molecule has 0 aliphatic carbocycles. The van der Waals surface area contributed by atoms with E-state index in [1.807, 2.05) is 21.0 Å². The quantitative estimate of drug-likeness (QED) is 0.852. The first-order chi connectivity index (χ1) is 9.91. The molecule has 0 radical (unpaired) electrons. The Kier molecular flexibility index (Phi) is 4.21. The summed E-state index contributed by atoms with van der Waals surface area (Å²) >= 11 is 0. The van der Waals surface area contributed by atoms with Crippen molar-refractivity contribution in [3.8, 4) is 0 Å². The topological polar surface area (TPSA) is 75.4 Å². The first kappa shape index (κ1) is 15.0. The summed E-state index contributed by atoms with van der Waals surface area (Å²) in [5, 5.41) is 3.87. The van der Waals surface area contributed by atoms with Crippen LogP contribution in [0.4, 0.5) is 5.95 Å². The Bertz CT molecular complexity index is 624. The van der Waals surface area contributed by atoms with Gasteiger partial charge in [0, 0.05) is 33.4 Å². The van der Waals surface area contributed by atoms with Gasteiger partial charge in [-0.2, -0.15) is 0 Å². The zero-order chi connectivity index (χ0) is 15.6. The molecule has 2 aromatic rings. The predicted molar refractivity (Wildman–Crippen MR) is 78.1 cm³/mol. The van der Waals surface area contributed by atoms with Gasteiger partial charge in [0.05, 0.1) is 17.3 Å². The number of carbonyl (C=O) groups is 1. The molecule has 0 fully saturated rings. The van der Waals surface area contributed by atoms with Crippen molar-refractivity contribution in [2.24, 2.45) is 0 Å². The van der Waals surface area contributed by atoms with E-state index in [0.717, 1.165) is 0 Å². The van der Waals surface area contributed by atoms with Crippen LogP contribution >= 0.6 is 0 Å². The summed E-state index contributed by atoms with van der Waals surface area (Å²) in [6, 6.07) is 1.55. The summed E-state index contributed by atoms with van der Waals surface area (Å²) < 4.78 is 4.82. The molecule has 0 saturated heterocycles. The molecule has 1 atom stereocenters. The molecule has 1 amide bonds. The number of amides is 1. The Morgan fingerprint density at radius 1 is 1.33 bits per heavy atom. The van der Waals surface area contributed by atoms with Crippen molar-refractivity contribution in [3.63, 3.8) is 0 Å². The van der Waals surface area contributed by atoms with Crippen molar-refractivity contribution in [3.05, 3.63) is 35.5 Å². The third-order valence-electron chi connectivity index (χ3n) is 3.38. The second kappa shape index (κ2) is 5.90. The van der Waals surface area contributed by atoms with E-state index in [1.165, 1.54) is 6.26 Å². The van der Waals surface area contributed by atoms with Crippen LogP contribution < -0.4 is 4.90 Å². The van der Waals surface area contributed by atoms with Crippen LogP contribution in [-0.4, -0.2) is 47.1 Å². The van der Waals surface area contributed by atoms with Gasteiger partial charge >= 0.3 is 0 Å². The standard InChI is InChI=1S/C14H19N5O2/c1-9-11(8-15-14(16-9)18(3)4)13(20)19(5)10(2)12-6-7-21-17-12/h6-8,10H,1-5H3/t10-/m0/s1. The van der Waals surface area contributed by atoms with Crippen LogP contribution in [0.2, 0.25) is 0 Å². The minimum absolute atomic E-state index is 0.145. The number of hydrogen-bond acceptors (Lipinski definition) is 6. The molecule has 0 saturated carbocycles. The van der Waals surface area contributed by atoms with Crippen molar-refractivity contribution in [2.75, 3.05) is 26.0 Å². The van der Waals surface area contributed by atoms with E-state index < -0.39 is 0 Å². The van der Waals surface area contributed by atoms with Gasteiger partial charge in [0.1, 0.15) is 12.0 Å². The lowest BCUT2D eigenvalue weighted by Crippen LogP contribution is -2.31. The Labute approximate surface area is 123 Å². The number of aromatic nitrogens is 3. The number of nitrogens with zero attached hydrogens (tertiary/aromatic N) is 5. The fourth-order valence-corrected chi connectivity index (χ4v) is 1.88. The Morgan fingerprint density at radius 3 is 2.57 bits per heavy atom. The molecule has 0 spiro atoms. The van der Waals surface area contributed by atoms with Gasteiger partial charge in [-0.1, -0.05) is 5.16 Å². The SMILES string of the molecule is Cc1nc(N(C)C)ncc1C(=O)N(C)[C@@H](C)c1ccon1. The smallest absolute Gasteiger partial charge is 0.257 e. The highest BCUT2D eigenvalue weighted by molar-refractivity contribution is 5.95. The Hall–Kier alpha value is -2.44. The summed E-state index contributed by atoms with van der Waals surface area (Å²) in [7, 11) is 5.44. The van der Waals surface area contributed by atoms with Gasteiger partial charge in [-0.05, 0) is 13.8 Å². The molecule has 21 heavy (non-hydrogen) atoms. The number of rotatable bonds is 4. The van der Waals surface area contributed by atoms with Crippen molar-refractivity contribution in [1.82, 2.24) is 20.0 Å². The lowest BCUT2D eigenvalue weighted by molar-refractivity contribution is 0.0736. The fraction of sp³-hybridized carbons (Fsp3) is 0.429. The summed E-state index contributed by atoms with van der Waals surface area (Å²) in [6.45, 7) is 3.69.